The van der Waals surface area contributed by atoms with Gasteiger partial charge in [0.25, 0.3) is 11.8 Å². The standard InChI is InChI=1S/C21H26N4O4/c1-3-24(4-2)21(27)18-15-7-5-6-10-25(15)19(23-18)20(26)22-14-8-9-16-17(13-14)29-12-11-28-16/h8-9,13H,3-7,10-12H2,1-2H3,(H,22,26). The summed E-state index contributed by atoms with van der Waals surface area (Å²) in [7, 11) is 0. The van der Waals surface area contributed by atoms with Gasteiger partial charge in [-0.15, -0.1) is 0 Å². The molecule has 2 amide bonds. The fourth-order valence-electron chi connectivity index (χ4n) is 3.86. The van der Waals surface area contributed by atoms with Crippen LogP contribution in [0.1, 0.15) is 53.5 Å². The smallest absolute Gasteiger partial charge is 0.291 e. The van der Waals surface area contributed by atoms with E-state index in [-0.39, 0.29) is 17.6 Å². The number of hydrogen-bond donors (Lipinski definition) is 1. The third-order valence-electron chi connectivity index (χ3n) is 5.37. The van der Waals surface area contributed by atoms with Gasteiger partial charge in [-0.05, 0) is 45.2 Å². The molecule has 29 heavy (non-hydrogen) atoms. The van der Waals surface area contributed by atoms with E-state index in [1.165, 1.54) is 0 Å². The molecule has 0 aliphatic carbocycles. The van der Waals surface area contributed by atoms with E-state index in [0.29, 0.717) is 55.7 Å². The number of ether oxygens (including phenoxy) is 2. The molecule has 0 bridgehead atoms. The summed E-state index contributed by atoms with van der Waals surface area (Å²) in [5, 5.41) is 2.89. The average molecular weight is 398 g/mol. The molecule has 0 fully saturated rings. The average Bonchev–Trinajstić information content (AvgIpc) is 3.14. The molecule has 0 saturated heterocycles. The Hall–Kier alpha value is -3.03. The second-order valence-electron chi connectivity index (χ2n) is 7.13. The third-order valence-corrected chi connectivity index (χ3v) is 5.37. The van der Waals surface area contributed by atoms with Crippen LogP contribution in [0.4, 0.5) is 5.69 Å². The summed E-state index contributed by atoms with van der Waals surface area (Å²) in [5.41, 5.74) is 1.87. The van der Waals surface area contributed by atoms with E-state index in [1.54, 1.807) is 23.1 Å². The van der Waals surface area contributed by atoms with Crippen molar-refractivity contribution in [2.75, 3.05) is 31.6 Å². The molecular formula is C21H26N4O4. The molecule has 1 aromatic heterocycles. The molecule has 2 aliphatic rings. The van der Waals surface area contributed by atoms with Gasteiger partial charge in [0.2, 0.25) is 0 Å². The molecular weight excluding hydrogens is 372 g/mol. The number of imidazole rings is 1. The maximum Gasteiger partial charge on any atom is 0.291 e. The van der Waals surface area contributed by atoms with Crippen molar-refractivity contribution in [3.8, 4) is 11.5 Å². The Morgan fingerprint density at radius 3 is 2.66 bits per heavy atom. The predicted molar refractivity (Wildman–Crippen MR) is 108 cm³/mol. The van der Waals surface area contributed by atoms with Crippen LogP contribution in [0.15, 0.2) is 18.2 Å². The van der Waals surface area contributed by atoms with Crippen LogP contribution in [-0.4, -0.2) is 52.6 Å². The minimum Gasteiger partial charge on any atom is -0.486 e. The van der Waals surface area contributed by atoms with Crippen molar-refractivity contribution in [3.63, 3.8) is 0 Å². The van der Waals surface area contributed by atoms with Crippen molar-refractivity contribution < 1.29 is 19.1 Å². The molecule has 3 heterocycles. The summed E-state index contributed by atoms with van der Waals surface area (Å²) in [5.74, 6) is 1.11. The van der Waals surface area contributed by atoms with E-state index in [1.807, 2.05) is 18.4 Å². The van der Waals surface area contributed by atoms with Gasteiger partial charge in [-0.2, -0.15) is 0 Å². The van der Waals surface area contributed by atoms with E-state index in [2.05, 4.69) is 10.3 Å². The molecule has 4 rings (SSSR count). The van der Waals surface area contributed by atoms with Gasteiger partial charge in [-0.25, -0.2) is 4.98 Å². The fourth-order valence-corrected chi connectivity index (χ4v) is 3.86. The number of carbonyl (C=O) groups is 2. The molecule has 1 N–H and O–H groups in total. The molecule has 0 spiro atoms. The van der Waals surface area contributed by atoms with E-state index >= 15 is 0 Å². The lowest BCUT2D eigenvalue weighted by atomic mass is 10.1. The second-order valence-corrected chi connectivity index (χ2v) is 7.13. The maximum atomic E-state index is 13.0. The Labute approximate surface area is 169 Å². The van der Waals surface area contributed by atoms with Crippen molar-refractivity contribution in [1.29, 1.82) is 0 Å². The Morgan fingerprint density at radius 2 is 1.90 bits per heavy atom. The maximum absolute atomic E-state index is 13.0. The Morgan fingerprint density at radius 1 is 1.14 bits per heavy atom. The highest BCUT2D eigenvalue weighted by Crippen LogP contribution is 2.33. The van der Waals surface area contributed by atoms with Crippen molar-refractivity contribution in [3.05, 3.63) is 35.4 Å². The number of rotatable bonds is 5. The van der Waals surface area contributed by atoms with Crippen molar-refractivity contribution >= 4 is 17.5 Å². The van der Waals surface area contributed by atoms with Crippen molar-refractivity contribution in [2.24, 2.45) is 0 Å². The monoisotopic (exact) mass is 398 g/mol. The van der Waals surface area contributed by atoms with Gasteiger partial charge in [-0.1, -0.05) is 0 Å². The van der Waals surface area contributed by atoms with Crippen molar-refractivity contribution in [2.45, 2.75) is 39.7 Å². The number of nitrogens with zero attached hydrogens (tertiary/aromatic N) is 3. The fraction of sp³-hybridized carbons (Fsp3) is 0.476. The van der Waals surface area contributed by atoms with Gasteiger partial charge in [0.15, 0.2) is 17.3 Å². The van der Waals surface area contributed by atoms with Gasteiger partial charge in [-0.3, -0.25) is 9.59 Å². The quantitative estimate of drug-likeness (QED) is 0.837. The van der Waals surface area contributed by atoms with E-state index in [0.717, 1.165) is 25.0 Å². The molecule has 0 radical (unpaired) electrons. The second kappa shape index (κ2) is 8.14. The van der Waals surface area contributed by atoms with Crippen LogP contribution in [-0.2, 0) is 13.0 Å². The lowest BCUT2D eigenvalue weighted by Gasteiger charge is -2.20. The van der Waals surface area contributed by atoms with Crippen LogP contribution in [0.2, 0.25) is 0 Å². The minimum atomic E-state index is -0.330. The van der Waals surface area contributed by atoms with Gasteiger partial charge >= 0.3 is 0 Å². The van der Waals surface area contributed by atoms with Crippen LogP contribution in [0.3, 0.4) is 0 Å². The number of carbonyl (C=O) groups excluding carboxylic acids is 2. The Kier molecular flexibility index (Phi) is 5.42. The zero-order valence-electron chi connectivity index (χ0n) is 16.9. The van der Waals surface area contributed by atoms with Crippen LogP contribution >= 0.6 is 0 Å². The highest BCUT2D eigenvalue weighted by molar-refractivity contribution is 6.03. The third kappa shape index (κ3) is 3.66. The van der Waals surface area contributed by atoms with Crippen molar-refractivity contribution in [1.82, 2.24) is 14.5 Å². The number of fused-ring (bicyclic) bond motifs is 2. The van der Waals surface area contributed by atoms with E-state index < -0.39 is 0 Å². The lowest BCUT2D eigenvalue weighted by Crippen LogP contribution is -2.31. The van der Waals surface area contributed by atoms with E-state index in [4.69, 9.17) is 9.47 Å². The lowest BCUT2D eigenvalue weighted by molar-refractivity contribution is 0.0766. The summed E-state index contributed by atoms with van der Waals surface area (Å²) >= 11 is 0. The highest BCUT2D eigenvalue weighted by atomic mass is 16.6. The summed E-state index contributed by atoms with van der Waals surface area (Å²) < 4.78 is 13.0. The molecule has 2 aliphatic heterocycles. The molecule has 0 unspecified atom stereocenters. The first-order chi connectivity index (χ1) is 14.1. The van der Waals surface area contributed by atoms with Crippen LogP contribution in [0.25, 0.3) is 0 Å². The van der Waals surface area contributed by atoms with Crippen LogP contribution in [0.5, 0.6) is 11.5 Å². The normalized spacial score (nSPS) is 14.8. The summed E-state index contributed by atoms with van der Waals surface area (Å²) in [6, 6.07) is 5.29. The Balaban J connectivity index is 1.62. The number of hydrogen-bond acceptors (Lipinski definition) is 5. The molecule has 0 atom stereocenters. The minimum absolute atomic E-state index is 0.112. The molecule has 2 aromatic rings. The first-order valence-corrected chi connectivity index (χ1v) is 10.2. The molecule has 8 heteroatoms. The molecule has 0 saturated carbocycles. The highest BCUT2D eigenvalue weighted by Gasteiger charge is 2.29. The number of amides is 2. The van der Waals surface area contributed by atoms with Crippen LogP contribution < -0.4 is 14.8 Å². The number of benzene rings is 1. The topological polar surface area (TPSA) is 85.7 Å². The van der Waals surface area contributed by atoms with Gasteiger partial charge in [0, 0.05) is 31.4 Å². The number of nitrogens with one attached hydrogen (secondary N) is 1. The van der Waals surface area contributed by atoms with Gasteiger partial charge in [0.05, 0.1) is 5.69 Å². The summed E-state index contributed by atoms with van der Waals surface area (Å²) in [6.45, 7) is 6.80. The SMILES string of the molecule is CCN(CC)C(=O)c1nc(C(=O)Nc2ccc3c(c2)OCCO3)n2c1CCCC2. The van der Waals surface area contributed by atoms with Crippen LogP contribution in [0, 0.1) is 0 Å². The molecule has 154 valence electrons. The number of aromatic nitrogens is 2. The van der Waals surface area contributed by atoms with Gasteiger partial charge < -0.3 is 24.3 Å². The Bertz CT molecular complexity index is 933. The summed E-state index contributed by atoms with van der Waals surface area (Å²) in [6.07, 6.45) is 2.71. The number of anilines is 1. The zero-order valence-corrected chi connectivity index (χ0v) is 16.9. The van der Waals surface area contributed by atoms with E-state index in [9.17, 15) is 9.59 Å². The predicted octanol–water partition coefficient (Wildman–Crippen LogP) is 2.72. The molecule has 1 aromatic carbocycles. The summed E-state index contributed by atoms with van der Waals surface area (Å²) in [4.78, 5) is 32.2. The van der Waals surface area contributed by atoms with Gasteiger partial charge in [0.1, 0.15) is 18.9 Å². The first-order valence-electron chi connectivity index (χ1n) is 10.2. The zero-order chi connectivity index (χ0) is 20.4. The first kappa shape index (κ1) is 19.3. The largest absolute Gasteiger partial charge is 0.486 e. The molecule has 8 nitrogen and oxygen atoms in total.